The number of aromatic nitrogens is 2. The van der Waals surface area contributed by atoms with Crippen molar-refractivity contribution in [3.05, 3.63) is 34.9 Å². The van der Waals surface area contributed by atoms with Gasteiger partial charge in [0.2, 0.25) is 0 Å². The molecule has 0 unspecified atom stereocenters. The number of piperidine rings is 1. The molecule has 2 aromatic rings. The largest absolute Gasteiger partial charge is 0.467 e. The molecule has 0 amide bonds. The number of benzene rings is 1. The van der Waals surface area contributed by atoms with Crippen molar-refractivity contribution in [2.75, 3.05) is 43.5 Å². The van der Waals surface area contributed by atoms with Crippen LogP contribution in [0.15, 0.2) is 18.2 Å². The first-order chi connectivity index (χ1) is 14.1. The second-order valence-electron chi connectivity index (χ2n) is 7.75. The van der Waals surface area contributed by atoms with Gasteiger partial charge in [0.1, 0.15) is 11.6 Å². The quantitative estimate of drug-likeness (QED) is 0.555. The van der Waals surface area contributed by atoms with Crippen LogP contribution < -0.4 is 20.3 Å². The zero-order chi connectivity index (χ0) is 20.4. The normalized spacial score (nSPS) is 17.7. The number of nitrogens with one attached hydrogen (secondary N) is 3. The Kier molecular flexibility index (Phi) is 5.64. The molecule has 154 valence electrons. The van der Waals surface area contributed by atoms with Gasteiger partial charge in [-0.2, -0.15) is 9.97 Å². The van der Waals surface area contributed by atoms with E-state index < -0.39 is 0 Å². The molecule has 3 heterocycles. The van der Waals surface area contributed by atoms with Gasteiger partial charge < -0.3 is 30.8 Å². The summed E-state index contributed by atoms with van der Waals surface area (Å²) in [5, 5.41) is 24.2. The predicted octanol–water partition coefficient (Wildman–Crippen LogP) is 2.18. The average molecular weight is 396 g/mol. The van der Waals surface area contributed by atoms with Crippen LogP contribution in [0.4, 0.5) is 17.3 Å². The summed E-state index contributed by atoms with van der Waals surface area (Å²) in [4.78, 5) is 10.8. The molecule has 2 fully saturated rings. The summed E-state index contributed by atoms with van der Waals surface area (Å²) in [5.41, 5.74) is 4.22. The third kappa shape index (κ3) is 4.18. The molecular formula is C21H28N6O2. The lowest BCUT2D eigenvalue weighted by Gasteiger charge is -2.36. The molecule has 2 aliphatic heterocycles. The van der Waals surface area contributed by atoms with E-state index in [1.54, 1.807) is 0 Å². The van der Waals surface area contributed by atoms with E-state index in [9.17, 15) is 5.11 Å². The summed E-state index contributed by atoms with van der Waals surface area (Å²) < 4.78 is 5.27. The van der Waals surface area contributed by atoms with Crippen molar-refractivity contribution in [3.63, 3.8) is 0 Å². The van der Waals surface area contributed by atoms with E-state index in [1.807, 2.05) is 11.0 Å². The van der Waals surface area contributed by atoms with Crippen molar-refractivity contribution < 1.29 is 9.84 Å². The van der Waals surface area contributed by atoms with E-state index in [2.05, 4.69) is 39.7 Å². The third-order valence-corrected chi connectivity index (χ3v) is 5.70. The van der Waals surface area contributed by atoms with Crippen molar-refractivity contribution in [1.29, 1.82) is 5.41 Å². The average Bonchev–Trinajstić information content (AvgIpc) is 2.72. The molecule has 0 aliphatic carbocycles. The summed E-state index contributed by atoms with van der Waals surface area (Å²) in [6.07, 6.45) is 3.29. The molecule has 2 saturated heterocycles. The summed E-state index contributed by atoms with van der Waals surface area (Å²) in [6.45, 7) is 5.29. The fraction of sp³-hybridized carbons (Fsp3) is 0.476. The minimum atomic E-state index is -0.318. The zero-order valence-corrected chi connectivity index (χ0v) is 16.9. The van der Waals surface area contributed by atoms with E-state index in [0.717, 1.165) is 37.2 Å². The Morgan fingerprint density at radius 2 is 2.00 bits per heavy atom. The molecule has 1 aromatic carbocycles. The number of hydrogen-bond donors (Lipinski definition) is 4. The van der Waals surface area contributed by atoms with E-state index in [4.69, 9.17) is 10.1 Å². The van der Waals surface area contributed by atoms with E-state index in [0.29, 0.717) is 30.6 Å². The van der Waals surface area contributed by atoms with Gasteiger partial charge >= 0.3 is 6.01 Å². The lowest BCUT2D eigenvalue weighted by Crippen LogP contribution is -2.51. The van der Waals surface area contributed by atoms with Crippen LogP contribution in [0.25, 0.3) is 0 Å². The van der Waals surface area contributed by atoms with Crippen LogP contribution in [0, 0.1) is 12.3 Å². The summed E-state index contributed by atoms with van der Waals surface area (Å²) in [5.74, 6) is 1.85. The summed E-state index contributed by atoms with van der Waals surface area (Å²) in [7, 11) is 1.54. The molecule has 4 N–H and O–H groups in total. The minimum absolute atomic E-state index is 0.272. The number of rotatable bonds is 6. The molecule has 4 rings (SSSR count). The standard InChI is InChI=1S/C21H28N6O2/c1-13-7-15(10-22)18(8-17(13)14-3-5-23-6-4-14)24-19-9-20(26-21(25-19)29-2)27-11-16(28)12-27/h7-10,14,16,22-23,28H,3-6,11-12H2,1-2H3,(H,24,25,26). The first-order valence-electron chi connectivity index (χ1n) is 10.1. The molecule has 29 heavy (non-hydrogen) atoms. The van der Waals surface area contributed by atoms with Crippen molar-refractivity contribution >= 4 is 23.5 Å². The Balaban J connectivity index is 1.65. The number of methoxy groups -OCH3 is 1. The van der Waals surface area contributed by atoms with Gasteiger partial charge in [-0.3, -0.25) is 0 Å². The van der Waals surface area contributed by atoms with Crippen LogP contribution in [0.3, 0.4) is 0 Å². The monoisotopic (exact) mass is 396 g/mol. The second-order valence-corrected chi connectivity index (χ2v) is 7.75. The van der Waals surface area contributed by atoms with Gasteiger partial charge in [0.25, 0.3) is 0 Å². The maximum atomic E-state index is 9.60. The van der Waals surface area contributed by atoms with Gasteiger partial charge in [-0.05, 0) is 62.0 Å². The third-order valence-electron chi connectivity index (χ3n) is 5.70. The van der Waals surface area contributed by atoms with Gasteiger partial charge in [0.15, 0.2) is 0 Å². The molecule has 0 atom stereocenters. The summed E-state index contributed by atoms with van der Waals surface area (Å²) in [6, 6.07) is 6.35. The number of nitrogens with zero attached hydrogens (tertiary/aromatic N) is 3. The van der Waals surface area contributed by atoms with Gasteiger partial charge in [-0.1, -0.05) is 0 Å². The molecule has 8 nitrogen and oxygen atoms in total. The number of β-amino-alcohol motifs (C(OH)–C–C–N with tert-alkyl or cyclic N) is 1. The number of aliphatic hydroxyl groups is 1. The fourth-order valence-corrected chi connectivity index (χ4v) is 4.06. The number of anilines is 3. The van der Waals surface area contributed by atoms with Crippen LogP contribution in [0.5, 0.6) is 6.01 Å². The first-order valence-corrected chi connectivity index (χ1v) is 10.1. The molecule has 0 spiro atoms. The molecule has 0 radical (unpaired) electrons. The number of aliphatic hydroxyl groups excluding tert-OH is 1. The van der Waals surface area contributed by atoms with Crippen LogP contribution in [0.1, 0.15) is 35.4 Å². The fourth-order valence-electron chi connectivity index (χ4n) is 4.06. The van der Waals surface area contributed by atoms with Gasteiger partial charge in [-0.25, -0.2) is 0 Å². The maximum Gasteiger partial charge on any atom is 0.320 e. The number of hydrogen-bond acceptors (Lipinski definition) is 8. The lowest BCUT2D eigenvalue weighted by molar-refractivity contribution is 0.141. The molecule has 0 saturated carbocycles. The lowest BCUT2D eigenvalue weighted by atomic mass is 9.86. The predicted molar refractivity (Wildman–Crippen MR) is 114 cm³/mol. The van der Waals surface area contributed by atoms with Crippen LogP contribution in [-0.4, -0.2) is 60.7 Å². The van der Waals surface area contributed by atoms with Crippen LogP contribution >= 0.6 is 0 Å². The number of aryl methyl sites for hydroxylation is 1. The highest BCUT2D eigenvalue weighted by molar-refractivity contribution is 5.88. The van der Waals surface area contributed by atoms with Gasteiger partial charge in [0.05, 0.1) is 13.2 Å². The SMILES string of the molecule is COc1nc(Nc2cc(C3CCNCC3)c(C)cc2C=N)cc(N2CC(O)C2)n1. The Morgan fingerprint density at radius 3 is 2.66 bits per heavy atom. The van der Waals surface area contributed by atoms with Crippen LogP contribution in [-0.2, 0) is 0 Å². The first kappa shape index (κ1) is 19.6. The van der Waals surface area contributed by atoms with Gasteiger partial charge in [0, 0.05) is 36.6 Å². The minimum Gasteiger partial charge on any atom is -0.467 e. The highest BCUT2D eigenvalue weighted by atomic mass is 16.5. The highest BCUT2D eigenvalue weighted by Crippen LogP contribution is 2.33. The molecule has 2 aliphatic rings. The highest BCUT2D eigenvalue weighted by Gasteiger charge is 2.27. The maximum absolute atomic E-state index is 9.60. The number of ether oxygens (including phenoxy) is 1. The van der Waals surface area contributed by atoms with Gasteiger partial charge in [-0.15, -0.1) is 0 Å². The Morgan fingerprint density at radius 1 is 1.24 bits per heavy atom. The van der Waals surface area contributed by atoms with Crippen molar-refractivity contribution in [1.82, 2.24) is 15.3 Å². The topological polar surface area (TPSA) is 106 Å². The van der Waals surface area contributed by atoms with Crippen molar-refractivity contribution in [2.24, 2.45) is 0 Å². The van der Waals surface area contributed by atoms with E-state index in [-0.39, 0.29) is 12.1 Å². The Labute approximate surface area is 170 Å². The van der Waals surface area contributed by atoms with Crippen LogP contribution in [0.2, 0.25) is 0 Å². The smallest absolute Gasteiger partial charge is 0.320 e. The second kappa shape index (κ2) is 8.34. The Hall–Kier alpha value is -2.71. The van der Waals surface area contributed by atoms with Crippen molar-refractivity contribution in [2.45, 2.75) is 31.8 Å². The molecule has 1 aromatic heterocycles. The molecule has 0 bridgehead atoms. The molecule has 8 heteroatoms. The Bertz CT molecular complexity index is 891. The zero-order valence-electron chi connectivity index (χ0n) is 16.9. The van der Waals surface area contributed by atoms with Crippen molar-refractivity contribution in [3.8, 4) is 6.01 Å². The summed E-state index contributed by atoms with van der Waals surface area (Å²) >= 11 is 0. The van der Waals surface area contributed by atoms with E-state index >= 15 is 0 Å². The van der Waals surface area contributed by atoms with E-state index in [1.165, 1.54) is 24.5 Å². The molecular weight excluding hydrogens is 368 g/mol.